The lowest BCUT2D eigenvalue weighted by Gasteiger charge is -2.35. The van der Waals surface area contributed by atoms with Crippen molar-refractivity contribution in [3.8, 4) is 0 Å². The van der Waals surface area contributed by atoms with Gasteiger partial charge in [-0.25, -0.2) is 0 Å². The number of rotatable bonds is 0. The van der Waals surface area contributed by atoms with Crippen molar-refractivity contribution in [3.05, 3.63) is 10.4 Å². The average molecular weight is 269 g/mol. The number of nitrogens with zero attached hydrogens (tertiary/aromatic N) is 1. The molecular weight excluding hydrogens is 255 g/mol. The van der Waals surface area contributed by atoms with Gasteiger partial charge in [-0.1, -0.05) is 4.99 Å². The van der Waals surface area contributed by atoms with Crippen molar-refractivity contribution in [1.82, 2.24) is 0 Å². The van der Waals surface area contributed by atoms with Crippen LogP contribution >= 0.6 is 0 Å². The van der Waals surface area contributed by atoms with Gasteiger partial charge in [-0.05, 0) is 27.7 Å². The zero-order chi connectivity index (χ0) is 14.5. The molecule has 0 aromatic heterocycles. The van der Waals surface area contributed by atoms with Crippen molar-refractivity contribution in [2.24, 2.45) is 4.99 Å². The van der Waals surface area contributed by atoms with E-state index < -0.39 is 39.2 Å². The highest BCUT2D eigenvalue weighted by atomic mass is 19.4. The minimum absolute atomic E-state index is 0.838. The molecular formula is C9H14F3N3O3. The highest BCUT2D eigenvalue weighted by molar-refractivity contribution is 5.90. The Morgan fingerprint density at radius 2 is 1.44 bits per heavy atom. The number of carbonyl (C=O) groups is 1. The van der Waals surface area contributed by atoms with E-state index in [1.54, 1.807) is 0 Å². The molecule has 1 fully saturated rings. The molecule has 0 bridgehead atoms. The Labute approximate surface area is 101 Å². The van der Waals surface area contributed by atoms with Crippen LogP contribution in [0.5, 0.6) is 0 Å². The van der Waals surface area contributed by atoms with Gasteiger partial charge in [0.2, 0.25) is 0 Å². The van der Waals surface area contributed by atoms with Crippen LogP contribution in [-0.2, 0) is 4.79 Å². The molecule has 1 rings (SSSR count). The molecule has 0 spiro atoms. The van der Waals surface area contributed by atoms with Gasteiger partial charge in [0.1, 0.15) is 0 Å². The monoisotopic (exact) mass is 269 g/mol. The van der Waals surface area contributed by atoms with Crippen molar-refractivity contribution in [2.45, 2.75) is 44.9 Å². The van der Waals surface area contributed by atoms with Crippen LogP contribution in [0.1, 0.15) is 27.7 Å². The van der Waals surface area contributed by atoms with E-state index in [9.17, 15) is 28.4 Å². The Morgan fingerprint density at radius 1 is 1.11 bits per heavy atom. The van der Waals surface area contributed by atoms with Crippen LogP contribution in [0.3, 0.4) is 0 Å². The molecule has 1 heterocycles. The van der Waals surface area contributed by atoms with Gasteiger partial charge in [0.05, 0.1) is 0 Å². The second-order valence-electron chi connectivity index (χ2n) is 5.17. The van der Waals surface area contributed by atoms with E-state index >= 15 is 0 Å². The highest BCUT2D eigenvalue weighted by Gasteiger charge is 2.60. The van der Waals surface area contributed by atoms with Gasteiger partial charge in [0.25, 0.3) is 0 Å². The summed E-state index contributed by atoms with van der Waals surface area (Å²) in [6.45, 7) is 5.75. The van der Waals surface area contributed by atoms with Crippen LogP contribution in [0.25, 0.3) is 0 Å². The summed E-state index contributed by atoms with van der Waals surface area (Å²) in [7, 11) is 0. The van der Waals surface area contributed by atoms with Crippen molar-refractivity contribution < 1.29 is 28.1 Å². The van der Waals surface area contributed by atoms with E-state index in [0.717, 1.165) is 0 Å². The highest BCUT2D eigenvalue weighted by Crippen LogP contribution is 2.19. The minimum Gasteiger partial charge on any atom is -0.623 e. The maximum absolute atomic E-state index is 12.1. The van der Waals surface area contributed by atoms with Gasteiger partial charge in [0, 0.05) is 0 Å². The Balaban J connectivity index is 3.21. The average Bonchev–Trinajstić information content (AvgIpc) is 2.30. The zero-order valence-electron chi connectivity index (χ0n) is 10.3. The number of amides is 1. The van der Waals surface area contributed by atoms with E-state index in [1.807, 2.05) is 0 Å². The lowest BCUT2D eigenvalue weighted by molar-refractivity contribution is -0.840. The van der Waals surface area contributed by atoms with Crippen LogP contribution in [0.2, 0.25) is 0 Å². The molecule has 0 aromatic carbocycles. The quantitative estimate of drug-likeness (QED) is 0.540. The van der Waals surface area contributed by atoms with E-state index in [0.29, 0.717) is 0 Å². The molecule has 1 aliphatic rings. The number of carbonyl (C=O) groups excluding carboxylic acids is 1. The first-order valence-electron chi connectivity index (χ1n) is 5.13. The molecule has 104 valence electrons. The number of hydrogen-bond acceptors (Lipinski definition) is 3. The number of quaternary nitrogens is 2. The Hall–Kier alpha value is -1.03. The summed E-state index contributed by atoms with van der Waals surface area (Å²) in [5.74, 6) is -3.35. The topological polar surface area (TPSA) is 84.4 Å². The number of aliphatic imine (C=N–C) groups is 1. The van der Waals surface area contributed by atoms with E-state index in [1.165, 1.54) is 27.7 Å². The summed E-state index contributed by atoms with van der Waals surface area (Å²) in [5.41, 5.74) is -2.37. The molecule has 0 radical (unpaired) electrons. The summed E-state index contributed by atoms with van der Waals surface area (Å²) in [5, 5.41) is 22.0. The van der Waals surface area contributed by atoms with Crippen LogP contribution in [0.4, 0.5) is 13.2 Å². The summed E-state index contributed by atoms with van der Waals surface area (Å²) in [6.07, 6.45) is -5.19. The van der Waals surface area contributed by atoms with Crippen molar-refractivity contribution >= 4 is 11.9 Å². The normalized spacial score (nSPS) is 30.4. The fraction of sp³-hybridized carbons (Fsp3) is 0.778. The number of hydroxylamine groups is 4. The summed E-state index contributed by atoms with van der Waals surface area (Å²) < 4.78 is 36.2. The van der Waals surface area contributed by atoms with Gasteiger partial charge < -0.3 is 10.4 Å². The van der Waals surface area contributed by atoms with E-state index in [2.05, 4.69) is 4.99 Å². The zero-order valence-corrected chi connectivity index (χ0v) is 10.3. The SMILES string of the molecule is CC1(C)[NH+]([O-])C(=NC(=O)C(F)(F)F)[NH+]([O-])C1(C)C. The number of alkyl halides is 3. The smallest absolute Gasteiger partial charge is 0.473 e. The third-order valence-electron chi connectivity index (χ3n) is 3.58. The second kappa shape index (κ2) is 3.98. The molecule has 1 saturated heterocycles. The molecule has 2 unspecified atom stereocenters. The third-order valence-corrected chi connectivity index (χ3v) is 3.58. The van der Waals surface area contributed by atoms with Gasteiger partial charge in [-0.2, -0.15) is 13.2 Å². The largest absolute Gasteiger partial charge is 0.623 e. The number of guanidine groups is 1. The fourth-order valence-electron chi connectivity index (χ4n) is 1.53. The van der Waals surface area contributed by atoms with Crippen LogP contribution in [-0.4, -0.2) is 29.1 Å². The lowest BCUT2D eigenvalue weighted by atomic mass is 9.84. The van der Waals surface area contributed by atoms with Gasteiger partial charge in [-0.3, -0.25) is 14.9 Å². The van der Waals surface area contributed by atoms with Gasteiger partial charge in [-0.15, -0.1) is 0 Å². The molecule has 0 saturated carbocycles. The van der Waals surface area contributed by atoms with Crippen LogP contribution < -0.4 is 10.1 Å². The molecule has 1 amide bonds. The lowest BCUT2D eigenvalue weighted by Crippen LogP contribution is -3.25. The van der Waals surface area contributed by atoms with E-state index in [4.69, 9.17) is 0 Å². The Bertz CT molecular complexity index is 382. The van der Waals surface area contributed by atoms with Crippen molar-refractivity contribution in [3.63, 3.8) is 0 Å². The van der Waals surface area contributed by atoms with Crippen LogP contribution in [0, 0.1) is 10.4 Å². The van der Waals surface area contributed by atoms with Gasteiger partial charge in [0.15, 0.2) is 11.1 Å². The maximum atomic E-state index is 12.1. The Morgan fingerprint density at radius 3 is 1.72 bits per heavy atom. The summed E-state index contributed by atoms with van der Waals surface area (Å²) in [4.78, 5) is 13.4. The number of halogens is 3. The second-order valence-corrected chi connectivity index (χ2v) is 5.17. The van der Waals surface area contributed by atoms with Gasteiger partial charge >= 0.3 is 18.0 Å². The van der Waals surface area contributed by atoms with Crippen molar-refractivity contribution in [1.29, 1.82) is 0 Å². The molecule has 0 aromatic rings. The summed E-state index contributed by atoms with van der Waals surface area (Å²) in [6, 6.07) is 0. The fourth-order valence-corrected chi connectivity index (χ4v) is 1.53. The molecule has 2 N–H and O–H groups in total. The van der Waals surface area contributed by atoms with E-state index in [-0.39, 0.29) is 0 Å². The molecule has 0 aliphatic carbocycles. The first-order chi connectivity index (χ1) is 7.83. The molecule has 1 aliphatic heterocycles. The molecule has 2 atom stereocenters. The number of nitrogens with one attached hydrogen (secondary N) is 2. The maximum Gasteiger partial charge on any atom is 0.473 e. The van der Waals surface area contributed by atoms with Crippen LogP contribution in [0.15, 0.2) is 4.99 Å². The summed E-state index contributed by atoms with van der Waals surface area (Å²) >= 11 is 0. The predicted octanol–water partition coefficient (Wildman–Crippen LogP) is -1.23. The molecule has 18 heavy (non-hydrogen) atoms. The molecule has 9 heteroatoms. The Kier molecular flexibility index (Phi) is 3.33. The molecule has 6 nitrogen and oxygen atoms in total. The minimum atomic E-state index is -5.19. The predicted molar refractivity (Wildman–Crippen MR) is 55.3 cm³/mol. The standard InChI is InChI=1S/C9H14F3N3O3/c1-7(2)8(3,4)15(18)6(14(7)17)13-5(16)9(10,11)12/h14-15H,1-4H3. The van der Waals surface area contributed by atoms with Crippen molar-refractivity contribution in [2.75, 3.05) is 0 Å². The third kappa shape index (κ3) is 2.03. The first-order valence-corrected chi connectivity index (χ1v) is 5.13. The number of hydrogen-bond donors (Lipinski definition) is 2. The first kappa shape index (κ1) is 15.0.